The first-order valence-corrected chi connectivity index (χ1v) is 6.09. The van der Waals surface area contributed by atoms with E-state index in [1.807, 2.05) is 6.92 Å². The lowest BCUT2D eigenvalue weighted by Gasteiger charge is -2.22. The van der Waals surface area contributed by atoms with Gasteiger partial charge in [-0.05, 0) is 25.8 Å². The van der Waals surface area contributed by atoms with Crippen LogP contribution in [0.3, 0.4) is 0 Å². The van der Waals surface area contributed by atoms with Gasteiger partial charge in [0.1, 0.15) is 0 Å². The summed E-state index contributed by atoms with van der Waals surface area (Å²) in [5, 5.41) is 0. The Labute approximate surface area is 98.8 Å². The van der Waals surface area contributed by atoms with Crippen LogP contribution < -0.4 is 5.73 Å². The molecule has 0 fully saturated rings. The molecule has 0 aliphatic rings. The Morgan fingerprint density at radius 1 is 1.25 bits per heavy atom. The van der Waals surface area contributed by atoms with Gasteiger partial charge in [-0.1, -0.05) is 43.2 Å². The fraction of sp³-hybridized carbons (Fsp3) is 0.571. The molecule has 2 atom stereocenters. The van der Waals surface area contributed by atoms with Crippen LogP contribution in [0.4, 0.5) is 0 Å². The van der Waals surface area contributed by atoms with Gasteiger partial charge in [-0.15, -0.1) is 0 Å². The van der Waals surface area contributed by atoms with Gasteiger partial charge in [-0.3, -0.25) is 0 Å². The highest BCUT2D eigenvalue weighted by Crippen LogP contribution is 2.21. The molecule has 1 aromatic rings. The molecule has 0 heterocycles. The molecule has 0 saturated carbocycles. The molecule has 2 N–H and O–H groups in total. The molecule has 1 aromatic carbocycles. The van der Waals surface area contributed by atoms with Crippen molar-refractivity contribution < 1.29 is 4.74 Å². The maximum Gasteiger partial charge on any atom is 0.0972 e. The smallest absolute Gasteiger partial charge is 0.0972 e. The van der Waals surface area contributed by atoms with Crippen molar-refractivity contribution in [1.29, 1.82) is 0 Å². The molecular formula is C14H23NO. The number of ether oxygens (including phenoxy) is 1. The number of hydrogen-bond donors (Lipinski definition) is 1. The Bertz CT molecular complexity index is 292. The van der Waals surface area contributed by atoms with E-state index in [2.05, 4.69) is 38.1 Å². The average Bonchev–Trinajstić information content (AvgIpc) is 2.26. The first-order valence-electron chi connectivity index (χ1n) is 6.09. The predicted molar refractivity (Wildman–Crippen MR) is 68.4 cm³/mol. The third-order valence-corrected chi connectivity index (χ3v) is 2.68. The molecule has 16 heavy (non-hydrogen) atoms. The van der Waals surface area contributed by atoms with Gasteiger partial charge in [-0.25, -0.2) is 0 Å². The number of aryl methyl sites for hydroxylation is 1. The van der Waals surface area contributed by atoms with Gasteiger partial charge < -0.3 is 10.5 Å². The van der Waals surface area contributed by atoms with E-state index in [1.54, 1.807) is 0 Å². The summed E-state index contributed by atoms with van der Waals surface area (Å²) in [6.07, 6.45) is 2.27. The molecule has 2 heteroatoms. The standard InChI is InChI=1S/C14H23NO/c1-4-5-10-16-14(12(3)15)13-8-6-11(2)7-9-13/h6-9,12,14H,4-5,10,15H2,1-3H3. The minimum atomic E-state index is 0.0205. The highest BCUT2D eigenvalue weighted by molar-refractivity contribution is 5.24. The molecule has 0 amide bonds. The Morgan fingerprint density at radius 2 is 1.88 bits per heavy atom. The van der Waals surface area contributed by atoms with Gasteiger partial charge in [0.05, 0.1) is 6.10 Å². The van der Waals surface area contributed by atoms with Crippen LogP contribution in [0, 0.1) is 6.92 Å². The normalized spacial score (nSPS) is 14.8. The number of hydrogen-bond acceptors (Lipinski definition) is 2. The predicted octanol–water partition coefficient (Wildman–Crippen LogP) is 3.20. The quantitative estimate of drug-likeness (QED) is 0.749. The van der Waals surface area contributed by atoms with Crippen LogP contribution in [-0.2, 0) is 4.74 Å². The molecule has 0 bridgehead atoms. The third kappa shape index (κ3) is 3.95. The van der Waals surface area contributed by atoms with Crippen LogP contribution in [-0.4, -0.2) is 12.6 Å². The summed E-state index contributed by atoms with van der Waals surface area (Å²) in [6.45, 7) is 7.03. The first kappa shape index (κ1) is 13.2. The lowest BCUT2D eigenvalue weighted by atomic mass is 10.0. The molecule has 2 nitrogen and oxygen atoms in total. The van der Waals surface area contributed by atoms with E-state index in [0.717, 1.165) is 19.4 Å². The maximum atomic E-state index is 5.96. The monoisotopic (exact) mass is 221 g/mol. The molecule has 0 aliphatic carbocycles. The van der Waals surface area contributed by atoms with Crippen molar-refractivity contribution in [2.45, 2.75) is 45.8 Å². The number of unbranched alkanes of at least 4 members (excludes halogenated alkanes) is 1. The number of rotatable bonds is 6. The van der Waals surface area contributed by atoms with Gasteiger partial charge in [0.15, 0.2) is 0 Å². The highest BCUT2D eigenvalue weighted by atomic mass is 16.5. The average molecular weight is 221 g/mol. The topological polar surface area (TPSA) is 35.2 Å². The fourth-order valence-electron chi connectivity index (χ4n) is 1.66. The summed E-state index contributed by atoms with van der Waals surface area (Å²) < 4.78 is 5.84. The van der Waals surface area contributed by atoms with Crippen molar-refractivity contribution in [3.63, 3.8) is 0 Å². The Morgan fingerprint density at radius 3 is 2.38 bits per heavy atom. The second kappa shape index (κ2) is 6.66. The summed E-state index contributed by atoms with van der Waals surface area (Å²) in [5.41, 5.74) is 8.41. The van der Waals surface area contributed by atoms with Crippen molar-refractivity contribution in [1.82, 2.24) is 0 Å². The zero-order valence-electron chi connectivity index (χ0n) is 10.6. The fourth-order valence-corrected chi connectivity index (χ4v) is 1.66. The lowest BCUT2D eigenvalue weighted by Crippen LogP contribution is -2.27. The molecule has 1 rings (SSSR count). The minimum Gasteiger partial charge on any atom is -0.372 e. The Balaban J connectivity index is 2.65. The molecule has 0 aromatic heterocycles. The molecule has 0 aliphatic heterocycles. The Hall–Kier alpha value is -0.860. The van der Waals surface area contributed by atoms with Crippen molar-refractivity contribution in [2.24, 2.45) is 5.73 Å². The van der Waals surface area contributed by atoms with E-state index < -0.39 is 0 Å². The van der Waals surface area contributed by atoms with Crippen molar-refractivity contribution >= 4 is 0 Å². The van der Waals surface area contributed by atoms with Crippen molar-refractivity contribution in [3.8, 4) is 0 Å². The zero-order valence-corrected chi connectivity index (χ0v) is 10.6. The lowest BCUT2D eigenvalue weighted by molar-refractivity contribution is 0.0366. The van der Waals surface area contributed by atoms with Gasteiger partial charge in [-0.2, -0.15) is 0 Å². The largest absolute Gasteiger partial charge is 0.372 e. The van der Waals surface area contributed by atoms with E-state index >= 15 is 0 Å². The molecule has 0 spiro atoms. The van der Waals surface area contributed by atoms with E-state index in [0.29, 0.717) is 0 Å². The molecule has 90 valence electrons. The second-order valence-corrected chi connectivity index (χ2v) is 4.41. The number of nitrogens with two attached hydrogens (primary N) is 1. The molecule has 2 unspecified atom stereocenters. The minimum absolute atomic E-state index is 0.0205. The van der Waals surface area contributed by atoms with Crippen LogP contribution in [0.15, 0.2) is 24.3 Å². The SMILES string of the molecule is CCCCOC(c1ccc(C)cc1)C(C)N. The summed E-state index contributed by atoms with van der Waals surface area (Å²) >= 11 is 0. The van der Waals surface area contributed by atoms with Gasteiger partial charge in [0, 0.05) is 12.6 Å². The highest BCUT2D eigenvalue weighted by Gasteiger charge is 2.16. The van der Waals surface area contributed by atoms with Crippen molar-refractivity contribution in [3.05, 3.63) is 35.4 Å². The molecule has 0 saturated heterocycles. The summed E-state index contributed by atoms with van der Waals surface area (Å²) in [4.78, 5) is 0. The van der Waals surface area contributed by atoms with Gasteiger partial charge in [0.2, 0.25) is 0 Å². The third-order valence-electron chi connectivity index (χ3n) is 2.68. The maximum absolute atomic E-state index is 5.96. The van der Waals surface area contributed by atoms with E-state index in [1.165, 1.54) is 11.1 Å². The van der Waals surface area contributed by atoms with E-state index in [-0.39, 0.29) is 12.1 Å². The van der Waals surface area contributed by atoms with Crippen LogP contribution in [0.5, 0.6) is 0 Å². The van der Waals surface area contributed by atoms with Crippen LogP contribution in [0.2, 0.25) is 0 Å². The summed E-state index contributed by atoms with van der Waals surface area (Å²) in [5.74, 6) is 0. The van der Waals surface area contributed by atoms with Gasteiger partial charge in [0.25, 0.3) is 0 Å². The van der Waals surface area contributed by atoms with Crippen LogP contribution in [0.25, 0.3) is 0 Å². The number of benzene rings is 1. The Kier molecular flexibility index (Phi) is 5.50. The summed E-state index contributed by atoms with van der Waals surface area (Å²) in [7, 11) is 0. The van der Waals surface area contributed by atoms with Crippen LogP contribution >= 0.6 is 0 Å². The van der Waals surface area contributed by atoms with Crippen molar-refractivity contribution in [2.75, 3.05) is 6.61 Å². The summed E-state index contributed by atoms with van der Waals surface area (Å²) in [6, 6.07) is 8.45. The second-order valence-electron chi connectivity index (χ2n) is 4.41. The molecular weight excluding hydrogens is 198 g/mol. The van der Waals surface area contributed by atoms with Crippen LogP contribution in [0.1, 0.15) is 43.9 Å². The first-order chi connectivity index (χ1) is 7.65. The van der Waals surface area contributed by atoms with Gasteiger partial charge >= 0.3 is 0 Å². The van der Waals surface area contributed by atoms with E-state index in [9.17, 15) is 0 Å². The van der Waals surface area contributed by atoms with E-state index in [4.69, 9.17) is 10.5 Å². The molecule has 0 radical (unpaired) electrons. The zero-order chi connectivity index (χ0) is 12.0.